The summed E-state index contributed by atoms with van der Waals surface area (Å²) >= 11 is 0. The number of amides is 1. The molecular weight excluding hydrogens is 282 g/mol. The predicted octanol–water partition coefficient (Wildman–Crippen LogP) is 2.60. The second-order valence-corrected chi connectivity index (χ2v) is 5.29. The highest BCUT2D eigenvalue weighted by molar-refractivity contribution is 5.77. The molecule has 2 aromatic rings. The zero-order valence-electron chi connectivity index (χ0n) is 12.8. The molecule has 0 aliphatic carbocycles. The van der Waals surface area contributed by atoms with E-state index < -0.39 is 6.10 Å². The van der Waals surface area contributed by atoms with Crippen LogP contribution in [0.15, 0.2) is 47.1 Å². The highest BCUT2D eigenvalue weighted by Crippen LogP contribution is 2.18. The number of furan rings is 1. The molecule has 118 valence electrons. The zero-order chi connectivity index (χ0) is 15.9. The Morgan fingerprint density at radius 2 is 2.09 bits per heavy atom. The molecule has 0 spiro atoms. The summed E-state index contributed by atoms with van der Waals surface area (Å²) in [6, 6.07) is 10.8. The topological polar surface area (TPSA) is 71.7 Å². The molecular formula is C17H21NO4. The molecule has 1 heterocycles. The van der Waals surface area contributed by atoms with E-state index in [1.165, 1.54) is 6.26 Å². The van der Waals surface area contributed by atoms with Gasteiger partial charge in [-0.25, -0.2) is 0 Å². The van der Waals surface area contributed by atoms with Gasteiger partial charge in [0.2, 0.25) is 0 Å². The first kappa shape index (κ1) is 16.1. The van der Waals surface area contributed by atoms with Crippen LogP contribution in [0.4, 0.5) is 0 Å². The van der Waals surface area contributed by atoms with Crippen LogP contribution in [0.25, 0.3) is 0 Å². The number of rotatable bonds is 7. The quantitative estimate of drug-likeness (QED) is 0.824. The van der Waals surface area contributed by atoms with Crippen molar-refractivity contribution in [3.63, 3.8) is 0 Å². The monoisotopic (exact) mass is 303 g/mol. The second-order valence-electron chi connectivity index (χ2n) is 5.29. The normalized spacial score (nSPS) is 13.4. The zero-order valence-corrected chi connectivity index (χ0v) is 12.8. The molecule has 2 rings (SSSR count). The van der Waals surface area contributed by atoms with Crippen LogP contribution in [-0.4, -0.2) is 23.7 Å². The van der Waals surface area contributed by atoms with E-state index in [-0.39, 0.29) is 18.6 Å². The highest BCUT2D eigenvalue weighted by Gasteiger charge is 2.16. The number of nitrogens with one attached hydrogen (secondary N) is 1. The summed E-state index contributed by atoms with van der Waals surface area (Å²) in [6.45, 7) is 3.71. The number of carbonyl (C=O) groups is 1. The molecule has 5 heteroatoms. The van der Waals surface area contributed by atoms with Gasteiger partial charge in [0, 0.05) is 12.5 Å². The lowest BCUT2D eigenvalue weighted by atomic mass is 10.1. The molecule has 5 nitrogen and oxygen atoms in total. The second kappa shape index (κ2) is 7.66. The van der Waals surface area contributed by atoms with E-state index in [1.807, 2.05) is 38.1 Å². The van der Waals surface area contributed by atoms with E-state index >= 15 is 0 Å². The fraction of sp³-hybridized carbons (Fsp3) is 0.353. The summed E-state index contributed by atoms with van der Waals surface area (Å²) in [4.78, 5) is 11.9. The number of aliphatic hydroxyl groups excluding tert-OH is 1. The first-order valence-corrected chi connectivity index (χ1v) is 7.25. The Balaban J connectivity index is 1.76. The molecule has 0 fully saturated rings. The Kier molecular flexibility index (Phi) is 5.61. The molecule has 1 amide bonds. The number of hydrogen-bond donors (Lipinski definition) is 2. The number of aliphatic hydroxyl groups is 1. The number of hydrogen-bond acceptors (Lipinski definition) is 4. The predicted molar refractivity (Wildman–Crippen MR) is 82.6 cm³/mol. The van der Waals surface area contributed by atoms with E-state index in [1.54, 1.807) is 12.1 Å². The lowest BCUT2D eigenvalue weighted by Gasteiger charge is -2.17. The summed E-state index contributed by atoms with van der Waals surface area (Å²) in [5, 5.41) is 12.8. The highest BCUT2D eigenvalue weighted by atomic mass is 16.5. The molecule has 2 N–H and O–H groups in total. The number of benzene rings is 1. The molecule has 0 aliphatic rings. The van der Waals surface area contributed by atoms with Crippen LogP contribution in [0.2, 0.25) is 0 Å². The lowest BCUT2D eigenvalue weighted by molar-refractivity contribution is -0.123. The summed E-state index contributed by atoms with van der Waals surface area (Å²) in [6.07, 6.45) is 1.16. The summed E-state index contributed by atoms with van der Waals surface area (Å²) in [5.41, 5.74) is 0.983. The molecule has 0 aliphatic heterocycles. The Hall–Kier alpha value is -2.27. The maximum Gasteiger partial charge on any atom is 0.258 e. The molecule has 0 saturated carbocycles. The van der Waals surface area contributed by atoms with Gasteiger partial charge in [-0.1, -0.05) is 18.2 Å². The van der Waals surface area contributed by atoms with Crippen molar-refractivity contribution in [2.24, 2.45) is 0 Å². The molecule has 1 aromatic carbocycles. The van der Waals surface area contributed by atoms with Gasteiger partial charge >= 0.3 is 0 Å². The van der Waals surface area contributed by atoms with Crippen molar-refractivity contribution < 1.29 is 19.1 Å². The SMILES string of the molecule is Cc1ccccc1OCC(=O)NC(C)CC(O)c1ccco1. The van der Waals surface area contributed by atoms with E-state index in [0.717, 1.165) is 5.56 Å². The summed E-state index contributed by atoms with van der Waals surface area (Å²) in [5.74, 6) is 0.973. The van der Waals surface area contributed by atoms with Gasteiger partial charge in [-0.3, -0.25) is 4.79 Å². The van der Waals surface area contributed by atoms with Gasteiger partial charge < -0.3 is 19.6 Å². The number of para-hydroxylation sites is 1. The average Bonchev–Trinajstić information content (AvgIpc) is 3.00. The first-order chi connectivity index (χ1) is 10.6. The average molecular weight is 303 g/mol. The molecule has 1 aromatic heterocycles. The van der Waals surface area contributed by atoms with Crippen LogP contribution in [0.3, 0.4) is 0 Å². The molecule has 2 unspecified atom stereocenters. The van der Waals surface area contributed by atoms with Crippen LogP contribution < -0.4 is 10.1 Å². The first-order valence-electron chi connectivity index (χ1n) is 7.25. The van der Waals surface area contributed by atoms with Crippen molar-refractivity contribution in [3.05, 3.63) is 54.0 Å². The van der Waals surface area contributed by atoms with Crippen molar-refractivity contribution in [1.29, 1.82) is 0 Å². The van der Waals surface area contributed by atoms with E-state index in [2.05, 4.69) is 5.32 Å². The van der Waals surface area contributed by atoms with Gasteiger partial charge in [0.25, 0.3) is 5.91 Å². The molecule has 0 radical (unpaired) electrons. The number of aryl methyl sites for hydroxylation is 1. The van der Waals surface area contributed by atoms with E-state index in [0.29, 0.717) is 17.9 Å². The molecule has 22 heavy (non-hydrogen) atoms. The smallest absolute Gasteiger partial charge is 0.258 e. The minimum Gasteiger partial charge on any atom is -0.484 e. The molecule has 0 bridgehead atoms. The van der Waals surface area contributed by atoms with Crippen LogP contribution >= 0.6 is 0 Å². The van der Waals surface area contributed by atoms with Gasteiger partial charge in [-0.15, -0.1) is 0 Å². The minimum atomic E-state index is -0.734. The largest absolute Gasteiger partial charge is 0.484 e. The number of carbonyl (C=O) groups excluding carboxylic acids is 1. The minimum absolute atomic E-state index is 0.0496. The maximum absolute atomic E-state index is 11.9. The van der Waals surface area contributed by atoms with Crippen molar-refractivity contribution >= 4 is 5.91 Å². The lowest BCUT2D eigenvalue weighted by Crippen LogP contribution is -2.37. The van der Waals surface area contributed by atoms with Gasteiger partial charge in [-0.05, 0) is 37.6 Å². The third kappa shape index (κ3) is 4.63. The third-order valence-corrected chi connectivity index (χ3v) is 3.31. The third-order valence-electron chi connectivity index (χ3n) is 3.31. The van der Waals surface area contributed by atoms with E-state index in [9.17, 15) is 9.90 Å². The number of ether oxygens (including phenoxy) is 1. The standard InChI is InChI=1S/C17H21NO4/c1-12-6-3-4-7-15(12)22-11-17(20)18-13(2)10-14(19)16-8-5-9-21-16/h3-9,13-14,19H,10-11H2,1-2H3,(H,18,20). The van der Waals surface area contributed by atoms with Crippen molar-refractivity contribution in [2.75, 3.05) is 6.61 Å². The van der Waals surface area contributed by atoms with Crippen LogP contribution in [-0.2, 0) is 4.79 Å². The van der Waals surface area contributed by atoms with Gasteiger partial charge in [-0.2, -0.15) is 0 Å². The van der Waals surface area contributed by atoms with Gasteiger partial charge in [0.1, 0.15) is 17.6 Å². The van der Waals surface area contributed by atoms with Crippen LogP contribution in [0.5, 0.6) is 5.75 Å². The fourth-order valence-electron chi connectivity index (χ4n) is 2.17. The Morgan fingerprint density at radius 1 is 1.32 bits per heavy atom. The summed E-state index contributed by atoms with van der Waals surface area (Å²) in [7, 11) is 0. The fourth-order valence-corrected chi connectivity index (χ4v) is 2.17. The van der Waals surface area contributed by atoms with Crippen LogP contribution in [0, 0.1) is 6.92 Å². The van der Waals surface area contributed by atoms with Crippen molar-refractivity contribution in [1.82, 2.24) is 5.32 Å². The van der Waals surface area contributed by atoms with Crippen molar-refractivity contribution in [3.8, 4) is 5.75 Å². The summed E-state index contributed by atoms with van der Waals surface area (Å²) < 4.78 is 10.6. The Morgan fingerprint density at radius 3 is 2.77 bits per heavy atom. The van der Waals surface area contributed by atoms with Gasteiger partial charge in [0.05, 0.1) is 6.26 Å². The van der Waals surface area contributed by atoms with E-state index in [4.69, 9.17) is 9.15 Å². The maximum atomic E-state index is 11.9. The Labute approximate surface area is 129 Å². The molecule has 2 atom stereocenters. The van der Waals surface area contributed by atoms with Crippen molar-refractivity contribution in [2.45, 2.75) is 32.4 Å². The van der Waals surface area contributed by atoms with Crippen LogP contribution in [0.1, 0.15) is 30.8 Å². The Bertz CT molecular complexity index is 594. The molecule has 0 saturated heterocycles. The van der Waals surface area contributed by atoms with Gasteiger partial charge in [0.15, 0.2) is 6.61 Å².